The fourth-order valence-electron chi connectivity index (χ4n) is 4.17. The third-order valence-electron chi connectivity index (χ3n) is 6.64. The molecule has 0 aromatic carbocycles. The molecule has 0 aliphatic heterocycles. The number of carbonyl (C=O) groups excluding carboxylic acids is 1. The molecular formula is C30H57NO5. The molecule has 0 saturated heterocycles. The molecule has 4 unspecified atom stereocenters. The number of carbonyl (C=O) groups is 1. The van der Waals surface area contributed by atoms with Gasteiger partial charge in [0.05, 0.1) is 18.8 Å². The van der Waals surface area contributed by atoms with Crippen molar-refractivity contribution in [1.29, 1.82) is 0 Å². The molecule has 0 spiro atoms. The van der Waals surface area contributed by atoms with Crippen LogP contribution in [0.25, 0.3) is 0 Å². The Bertz CT molecular complexity index is 551. The zero-order chi connectivity index (χ0) is 26.9. The van der Waals surface area contributed by atoms with Gasteiger partial charge in [-0.1, -0.05) is 109 Å². The van der Waals surface area contributed by atoms with Gasteiger partial charge in [-0.15, -0.1) is 0 Å². The van der Waals surface area contributed by atoms with Crippen LogP contribution in [0.3, 0.4) is 0 Å². The van der Waals surface area contributed by atoms with Crippen LogP contribution in [0, 0.1) is 0 Å². The minimum Gasteiger partial charge on any atom is -0.394 e. The third kappa shape index (κ3) is 19.9. The zero-order valence-corrected chi connectivity index (χ0v) is 23.3. The lowest BCUT2D eigenvalue weighted by atomic mass is 10.00. The summed E-state index contributed by atoms with van der Waals surface area (Å²) in [6.07, 6.45) is 23.5. The fourth-order valence-corrected chi connectivity index (χ4v) is 4.17. The molecule has 0 aliphatic carbocycles. The fraction of sp³-hybridized carbons (Fsp3) is 0.833. The Kier molecular flexibility index (Phi) is 24.6. The van der Waals surface area contributed by atoms with Crippen LogP contribution in [-0.4, -0.2) is 57.3 Å². The topological polar surface area (TPSA) is 110 Å². The molecule has 1 amide bonds. The highest BCUT2D eigenvalue weighted by Gasteiger charge is 2.28. The predicted octanol–water partition coefficient (Wildman–Crippen LogP) is 5.72. The first-order chi connectivity index (χ1) is 17.5. The Hall–Kier alpha value is -1.21. The van der Waals surface area contributed by atoms with Crippen molar-refractivity contribution in [3.05, 3.63) is 24.3 Å². The maximum Gasteiger partial charge on any atom is 0.249 e. The van der Waals surface area contributed by atoms with Crippen LogP contribution >= 0.6 is 0 Å². The normalized spacial score (nSPS) is 15.4. The summed E-state index contributed by atoms with van der Waals surface area (Å²) in [5.41, 5.74) is 0. The monoisotopic (exact) mass is 511 g/mol. The highest BCUT2D eigenvalue weighted by molar-refractivity contribution is 5.80. The molecule has 0 rings (SSSR count). The number of rotatable bonds is 25. The van der Waals surface area contributed by atoms with Gasteiger partial charge in [0.2, 0.25) is 5.91 Å². The minimum atomic E-state index is -1.28. The summed E-state index contributed by atoms with van der Waals surface area (Å²) in [6, 6.07) is -1.000. The molecule has 36 heavy (non-hydrogen) atoms. The average Bonchev–Trinajstić information content (AvgIpc) is 2.88. The van der Waals surface area contributed by atoms with Gasteiger partial charge >= 0.3 is 0 Å². The van der Waals surface area contributed by atoms with Gasteiger partial charge in [-0.25, -0.2) is 0 Å². The first kappa shape index (κ1) is 34.8. The van der Waals surface area contributed by atoms with Gasteiger partial charge < -0.3 is 25.7 Å². The zero-order valence-electron chi connectivity index (χ0n) is 23.3. The van der Waals surface area contributed by atoms with Crippen molar-refractivity contribution < 1.29 is 25.2 Å². The van der Waals surface area contributed by atoms with E-state index in [1.165, 1.54) is 51.4 Å². The Morgan fingerprint density at radius 2 is 1.17 bits per heavy atom. The quantitative estimate of drug-likeness (QED) is 0.0795. The molecule has 0 aliphatic rings. The van der Waals surface area contributed by atoms with Crippen molar-refractivity contribution in [2.24, 2.45) is 0 Å². The second-order valence-corrected chi connectivity index (χ2v) is 10.1. The van der Waals surface area contributed by atoms with Crippen molar-refractivity contribution in [2.75, 3.05) is 6.61 Å². The van der Waals surface area contributed by atoms with Gasteiger partial charge in [-0.05, 0) is 44.9 Å². The van der Waals surface area contributed by atoms with Crippen molar-refractivity contribution in [3.8, 4) is 0 Å². The maximum absolute atomic E-state index is 12.3. The molecule has 0 fully saturated rings. The summed E-state index contributed by atoms with van der Waals surface area (Å²) in [6.45, 7) is 3.90. The molecule has 0 heterocycles. The van der Waals surface area contributed by atoms with Crippen molar-refractivity contribution in [2.45, 2.75) is 154 Å². The van der Waals surface area contributed by atoms with E-state index in [2.05, 4.69) is 43.5 Å². The molecule has 5 N–H and O–H groups in total. The van der Waals surface area contributed by atoms with Gasteiger partial charge in [-0.2, -0.15) is 0 Å². The van der Waals surface area contributed by atoms with Crippen LogP contribution in [0.2, 0.25) is 0 Å². The molecule has 0 radical (unpaired) electrons. The first-order valence-electron chi connectivity index (χ1n) is 14.7. The van der Waals surface area contributed by atoms with Crippen LogP contribution in [0.4, 0.5) is 0 Å². The van der Waals surface area contributed by atoms with Crippen LogP contribution in [0.15, 0.2) is 24.3 Å². The molecule has 212 valence electrons. The summed E-state index contributed by atoms with van der Waals surface area (Å²) in [4.78, 5) is 12.3. The van der Waals surface area contributed by atoms with E-state index < -0.39 is 36.9 Å². The molecule has 0 aromatic rings. The lowest BCUT2D eigenvalue weighted by Crippen LogP contribution is -2.53. The van der Waals surface area contributed by atoms with E-state index in [4.69, 9.17) is 0 Å². The summed E-state index contributed by atoms with van der Waals surface area (Å²) >= 11 is 0. The number of unbranched alkanes of at least 4 members (excludes halogenated alkanes) is 12. The van der Waals surface area contributed by atoms with Crippen molar-refractivity contribution in [3.63, 3.8) is 0 Å². The lowest BCUT2D eigenvalue weighted by molar-refractivity contribution is -0.132. The van der Waals surface area contributed by atoms with E-state index in [1.807, 2.05) is 0 Å². The smallest absolute Gasteiger partial charge is 0.249 e. The van der Waals surface area contributed by atoms with Gasteiger partial charge in [0.25, 0.3) is 0 Å². The Morgan fingerprint density at radius 3 is 1.72 bits per heavy atom. The number of aliphatic hydroxyl groups is 4. The summed E-state index contributed by atoms with van der Waals surface area (Å²) in [5, 5.41) is 42.9. The van der Waals surface area contributed by atoms with E-state index >= 15 is 0 Å². The molecule has 6 nitrogen and oxygen atoms in total. The first-order valence-corrected chi connectivity index (χ1v) is 14.7. The number of hydrogen-bond donors (Lipinski definition) is 5. The van der Waals surface area contributed by atoms with Crippen LogP contribution < -0.4 is 5.32 Å². The number of allylic oxidation sites excluding steroid dienone is 4. The lowest BCUT2D eigenvalue weighted by Gasteiger charge is -2.27. The van der Waals surface area contributed by atoms with Crippen LogP contribution in [-0.2, 0) is 4.79 Å². The van der Waals surface area contributed by atoms with E-state index in [9.17, 15) is 25.2 Å². The highest BCUT2D eigenvalue weighted by atomic mass is 16.3. The molecule has 6 heteroatoms. The van der Waals surface area contributed by atoms with Crippen molar-refractivity contribution in [1.82, 2.24) is 5.32 Å². The SMILES string of the molecule is CCCC/C=C/CC/C=C/CCCC(O)C(O)C(CO)NC(=O)C(O)CCCCCCCCCCC. The van der Waals surface area contributed by atoms with Gasteiger partial charge in [0.15, 0.2) is 0 Å². The van der Waals surface area contributed by atoms with E-state index in [-0.39, 0.29) is 0 Å². The van der Waals surface area contributed by atoms with Crippen LogP contribution in [0.1, 0.15) is 129 Å². The molecule has 0 saturated carbocycles. The minimum absolute atomic E-state index is 0.360. The third-order valence-corrected chi connectivity index (χ3v) is 6.64. The number of nitrogens with one attached hydrogen (secondary N) is 1. The summed E-state index contributed by atoms with van der Waals surface area (Å²) in [7, 11) is 0. The van der Waals surface area contributed by atoms with E-state index in [0.717, 1.165) is 44.9 Å². The Balaban J connectivity index is 4.03. The number of aliphatic hydroxyl groups excluding tert-OH is 4. The molecule has 4 atom stereocenters. The predicted molar refractivity (Wildman–Crippen MR) is 150 cm³/mol. The molecule has 0 bridgehead atoms. The number of amides is 1. The summed E-state index contributed by atoms with van der Waals surface area (Å²) in [5.74, 6) is -0.605. The van der Waals surface area contributed by atoms with E-state index in [1.54, 1.807) is 0 Å². The van der Waals surface area contributed by atoms with E-state index in [0.29, 0.717) is 19.3 Å². The average molecular weight is 512 g/mol. The Labute approximate surface area is 221 Å². The van der Waals surface area contributed by atoms with Gasteiger partial charge in [-0.3, -0.25) is 4.79 Å². The maximum atomic E-state index is 12.3. The van der Waals surface area contributed by atoms with Gasteiger partial charge in [0.1, 0.15) is 12.2 Å². The van der Waals surface area contributed by atoms with Gasteiger partial charge in [0, 0.05) is 0 Å². The highest BCUT2D eigenvalue weighted by Crippen LogP contribution is 2.13. The standard InChI is InChI=1S/C30H57NO5/c1-3-5-7-9-11-13-14-16-17-19-21-23-27(33)29(35)26(25-32)31-30(36)28(34)24-22-20-18-15-12-10-8-6-4-2/h9,11,16-17,26-29,32-35H,3-8,10,12-15,18-25H2,1-2H3,(H,31,36)/b11-9+,17-16+. The van der Waals surface area contributed by atoms with Crippen LogP contribution in [0.5, 0.6) is 0 Å². The second-order valence-electron chi connectivity index (χ2n) is 10.1. The number of hydrogen-bond acceptors (Lipinski definition) is 5. The second kappa shape index (κ2) is 25.4. The Morgan fingerprint density at radius 1 is 0.667 bits per heavy atom. The summed E-state index contributed by atoms with van der Waals surface area (Å²) < 4.78 is 0. The molecule has 0 aromatic heterocycles. The largest absolute Gasteiger partial charge is 0.394 e. The molecular weight excluding hydrogens is 454 g/mol. The van der Waals surface area contributed by atoms with Crippen molar-refractivity contribution >= 4 is 5.91 Å².